The summed E-state index contributed by atoms with van der Waals surface area (Å²) in [6, 6.07) is 3.39. The Hall–Kier alpha value is -1.33. The zero-order valence-electron chi connectivity index (χ0n) is 17.1. The van der Waals surface area contributed by atoms with E-state index in [9.17, 15) is 35.7 Å². The van der Waals surface area contributed by atoms with E-state index < -0.39 is 80.7 Å². The minimum absolute atomic E-state index is 0.0168. The largest absolute Gasteiger partial charge is 0.394 e. The lowest BCUT2D eigenvalue weighted by atomic mass is 9.98. The molecule has 0 aliphatic carbocycles. The number of aliphatic hydroxyl groups excluding tert-OH is 7. The third-order valence-electron chi connectivity index (χ3n) is 5.51. The van der Waals surface area contributed by atoms with E-state index in [1.165, 1.54) is 6.20 Å². The Bertz CT molecular complexity index is 699. The molecule has 0 radical (unpaired) electrons. The fourth-order valence-electron chi connectivity index (χ4n) is 3.56. The molecule has 32 heavy (non-hydrogen) atoms. The van der Waals surface area contributed by atoms with Gasteiger partial charge in [-0.3, -0.25) is 4.98 Å². The third kappa shape index (κ3) is 5.41. The molecule has 2 saturated heterocycles. The molecule has 3 heterocycles. The molecule has 1 unspecified atom stereocenters. The van der Waals surface area contributed by atoms with E-state index in [0.29, 0.717) is 5.56 Å². The number of rotatable bonds is 8. The molecule has 9 N–H and O–H groups in total. The van der Waals surface area contributed by atoms with Gasteiger partial charge < -0.3 is 60.4 Å². The van der Waals surface area contributed by atoms with Gasteiger partial charge in [0, 0.05) is 24.5 Å². The fourth-order valence-corrected chi connectivity index (χ4v) is 3.56. The van der Waals surface area contributed by atoms with Gasteiger partial charge in [-0.15, -0.1) is 0 Å². The van der Waals surface area contributed by atoms with Gasteiger partial charge in [-0.2, -0.15) is 0 Å². The van der Waals surface area contributed by atoms with E-state index in [-0.39, 0.29) is 6.54 Å². The van der Waals surface area contributed by atoms with Gasteiger partial charge in [0.15, 0.2) is 12.6 Å². The van der Waals surface area contributed by atoms with Gasteiger partial charge in [0.25, 0.3) is 0 Å². The summed E-state index contributed by atoms with van der Waals surface area (Å²) in [6.07, 6.45) is -12.6. The average molecular weight is 462 g/mol. The zero-order valence-corrected chi connectivity index (χ0v) is 17.1. The molecule has 2 fully saturated rings. The maximum atomic E-state index is 10.3. The van der Waals surface area contributed by atoms with E-state index in [1.54, 1.807) is 18.3 Å². The first-order valence-electron chi connectivity index (χ1n) is 10.2. The Balaban J connectivity index is 1.65. The highest BCUT2D eigenvalue weighted by molar-refractivity contribution is 5.12. The van der Waals surface area contributed by atoms with Gasteiger partial charge in [0.2, 0.25) is 0 Å². The first kappa shape index (κ1) is 25.3. The Morgan fingerprint density at radius 2 is 1.53 bits per heavy atom. The van der Waals surface area contributed by atoms with E-state index >= 15 is 0 Å². The van der Waals surface area contributed by atoms with Crippen LogP contribution >= 0.6 is 0 Å². The highest BCUT2D eigenvalue weighted by Gasteiger charge is 2.47. The average Bonchev–Trinajstić information content (AvgIpc) is 2.81. The van der Waals surface area contributed by atoms with Crippen molar-refractivity contribution in [3.8, 4) is 0 Å². The van der Waals surface area contributed by atoms with Crippen LogP contribution in [0.5, 0.6) is 0 Å². The molecule has 2 aliphatic heterocycles. The van der Waals surface area contributed by atoms with Crippen LogP contribution < -0.4 is 5.73 Å². The second-order valence-corrected chi connectivity index (χ2v) is 7.69. The number of aliphatic hydroxyl groups is 7. The van der Waals surface area contributed by atoms with Gasteiger partial charge >= 0.3 is 0 Å². The molecule has 1 aromatic rings. The summed E-state index contributed by atoms with van der Waals surface area (Å²) in [6.45, 7) is -1.07. The van der Waals surface area contributed by atoms with Crippen molar-refractivity contribution in [2.45, 2.75) is 67.5 Å². The minimum atomic E-state index is -1.65. The van der Waals surface area contributed by atoms with Gasteiger partial charge in [-0.25, -0.2) is 0 Å². The van der Waals surface area contributed by atoms with Crippen LogP contribution in [0.2, 0.25) is 0 Å². The third-order valence-corrected chi connectivity index (χ3v) is 5.51. The summed E-state index contributed by atoms with van der Waals surface area (Å²) in [5.74, 6) is 0. The van der Waals surface area contributed by atoms with Crippen LogP contribution in [0, 0.1) is 0 Å². The summed E-state index contributed by atoms with van der Waals surface area (Å²) < 4.78 is 21.9. The molecule has 0 spiro atoms. The number of nitrogens with zero attached hydrogens (tertiary/aromatic N) is 1. The van der Waals surface area contributed by atoms with Crippen molar-refractivity contribution in [2.24, 2.45) is 5.73 Å². The standard InChI is InChI=1S/C19H30N2O11/c20-4-9(8-2-1-3-21-5-8)30-19-17(28)15(26)13(24)11(32-19)7-29-18-16(27)14(25)12(23)10(6-22)31-18/h1-3,5,9-19,22-28H,4,6-7,20H2/t9?,10-,11-,12-,13-,14+,15+,16-,17-,18-,19-/m1/s1. The number of hydrogen-bond donors (Lipinski definition) is 8. The molecular weight excluding hydrogens is 432 g/mol. The SMILES string of the molecule is NCC(O[C@@H]1O[C@H](CO[C@@H]2O[C@H](CO)[C@@H](O)[C@H](O)[C@H]2O)[C@@H](O)[C@H](O)[C@H]1O)c1cccnc1. The summed E-state index contributed by atoms with van der Waals surface area (Å²) in [4.78, 5) is 3.98. The van der Waals surface area contributed by atoms with Crippen LogP contribution in [0.15, 0.2) is 24.5 Å². The predicted molar refractivity (Wildman–Crippen MR) is 104 cm³/mol. The van der Waals surface area contributed by atoms with E-state index in [1.807, 2.05) is 0 Å². The van der Waals surface area contributed by atoms with Crippen molar-refractivity contribution >= 4 is 0 Å². The molecule has 2 aliphatic rings. The quantitative estimate of drug-likeness (QED) is 0.184. The van der Waals surface area contributed by atoms with Gasteiger partial charge in [0.1, 0.15) is 48.8 Å². The summed E-state index contributed by atoms with van der Waals surface area (Å²) in [7, 11) is 0. The second kappa shape index (κ2) is 11.2. The molecule has 0 aromatic carbocycles. The number of hydrogen-bond acceptors (Lipinski definition) is 13. The van der Waals surface area contributed by atoms with Crippen LogP contribution in [0.4, 0.5) is 0 Å². The van der Waals surface area contributed by atoms with Crippen LogP contribution in [0.1, 0.15) is 11.7 Å². The lowest BCUT2D eigenvalue weighted by molar-refractivity contribution is -0.335. The molecule has 3 rings (SSSR count). The first-order chi connectivity index (χ1) is 15.3. The molecular formula is C19H30N2O11. The first-order valence-corrected chi connectivity index (χ1v) is 10.2. The van der Waals surface area contributed by atoms with Crippen molar-refractivity contribution in [3.05, 3.63) is 30.1 Å². The molecule has 11 atom stereocenters. The van der Waals surface area contributed by atoms with Crippen molar-refractivity contribution in [3.63, 3.8) is 0 Å². The molecule has 0 saturated carbocycles. The molecule has 0 amide bonds. The molecule has 182 valence electrons. The van der Waals surface area contributed by atoms with Crippen LogP contribution in [-0.4, -0.2) is 122 Å². The lowest BCUT2D eigenvalue weighted by Gasteiger charge is -2.43. The van der Waals surface area contributed by atoms with E-state index in [2.05, 4.69) is 4.98 Å². The van der Waals surface area contributed by atoms with Crippen molar-refractivity contribution in [1.29, 1.82) is 0 Å². The highest BCUT2D eigenvalue weighted by atomic mass is 16.7. The smallest absolute Gasteiger partial charge is 0.187 e. The van der Waals surface area contributed by atoms with Crippen LogP contribution in [0.25, 0.3) is 0 Å². The molecule has 1 aromatic heterocycles. The summed E-state index contributed by atoms with van der Waals surface area (Å²) in [5.41, 5.74) is 6.36. The second-order valence-electron chi connectivity index (χ2n) is 7.69. The van der Waals surface area contributed by atoms with Crippen molar-refractivity contribution in [1.82, 2.24) is 4.98 Å². The monoisotopic (exact) mass is 462 g/mol. The lowest BCUT2D eigenvalue weighted by Crippen LogP contribution is -2.61. The Labute approximate surface area is 183 Å². The molecule has 0 bridgehead atoms. The fraction of sp³-hybridized carbons (Fsp3) is 0.737. The normalized spacial score (nSPS) is 41.4. The number of nitrogens with two attached hydrogens (primary N) is 1. The van der Waals surface area contributed by atoms with Gasteiger partial charge in [-0.05, 0) is 6.07 Å². The van der Waals surface area contributed by atoms with Crippen molar-refractivity contribution < 1.29 is 54.7 Å². The van der Waals surface area contributed by atoms with Crippen molar-refractivity contribution in [2.75, 3.05) is 19.8 Å². The number of pyridine rings is 1. The maximum Gasteiger partial charge on any atom is 0.187 e. The topological polar surface area (TPSA) is 217 Å². The van der Waals surface area contributed by atoms with Gasteiger partial charge in [-0.1, -0.05) is 6.07 Å². The van der Waals surface area contributed by atoms with Crippen LogP contribution in [0.3, 0.4) is 0 Å². The minimum Gasteiger partial charge on any atom is -0.394 e. The number of ether oxygens (including phenoxy) is 4. The summed E-state index contributed by atoms with van der Waals surface area (Å²) in [5, 5.41) is 69.8. The Morgan fingerprint density at radius 3 is 2.12 bits per heavy atom. The zero-order chi connectivity index (χ0) is 23.4. The summed E-state index contributed by atoms with van der Waals surface area (Å²) >= 11 is 0. The maximum absolute atomic E-state index is 10.3. The Morgan fingerprint density at radius 1 is 0.906 bits per heavy atom. The van der Waals surface area contributed by atoms with E-state index in [0.717, 1.165) is 0 Å². The van der Waals surface area contributed by atoms with E-state index in [4.69, 9.17) is 24.7 Å². The highest BCUT2D eigenvalue weighted by Crippen LogP contribution is 2.28. The Kier molecular flexibility index (Phi) is 8.85. The predicted octanol–water partition coefficient (Wildman–Crippen LogP) is -4.28. The van der Waals surface area contributed by atoms with Gasteiger partial charge in [0.05, 0.1) is 19.3 Å². The number of aromatic nitrogens is 1. The van der Waals surface area contributed by atoms with Crippen LogP contribution in [-0.2, 0) is 18.9 Å². The molecule has 13 nitrogen and oxygen atoms in total. The molecule has 13 heteroatoms.